The highest BCUT2D eigenvalue weighted by Gasteiger charge is 2.21. The van der Waals surface area contributed by atoms with Crippen molar-refractivity contribution in [3.63, 3.8) is 0 Å². The smallest absolute Gasteiger partial charge is 0.321 e. The number of carbonyl (C=O) groups excluding carboxylic acids is 3. The van der Waals surface area contributed by atoms with Crippen molar-refractivity contribution in [3.8, 4) is 0 Å². The Labute approximate surface area is 202 Å². The molecule has 0 saturated heterocycles. The molecule has 0 spiro atoms. The maximum absolute atomic E-state index is 13.1. The van der Waals surface area contributed by atoms with Crippen molar-refractivity contribution < 1.29 is 14.4 Å². The highest BCUT2D eigenvalue weighted by Crippen LogP contribution is 2.25. The van der Waals surface area contributed by atoms with Gasteiger partial charge >= 0.3 is 11.8 Å². The molecule has 0 atom stereocenters. The number of aryl methyl sites for hydroxylation is 1. The summed E-state index contributed by atoms with van der Waals surface area (Å²) in [6.07, 6.45) is 0. The fourth-order valence-electron chi connectivity index (χ4n) is 3.20. The van der Waals surface area contributed by atoms with Gasteiger partial charge in [0.25, 0.3) is 5.91 Å². The normalized spacial score (nSPS) is 10.6. The van der Waals surface area contributed by atoms with Crippen molar-refractivity contribution in [1.29, 1.82) is 0 Å². The second kappa shape index (κ2) is 9.48. The van der Waals surface area contributed by atoms with Crippen LogP contribution in [0.5, 0.6) is 0 Å². The molecule has 4 aromatic rings. The zero-order valence-electron chi connectivity index (χ0n) is 17.4. The average Bonchev–Trinajstić information content (AvgIpc) is 3.14. The number of nitrogens with zero attached hydrogens (tertiary/aromatic N) is 1. The number of hydrogen-bond acceptors (Lipinski definition) is 3. The maximum Gasteiger partial charge on any atom is 0.328 e. The summed E-state index contributed by atoms with van der Waals surface area (Å²) < 4.78 is 2.09. The Bertz CT molecular complexity index is 1390. The molecule has 0 bridgehead atoms. The zero-order valence-corrected chi connectivity index (χ0v) is 19.7. The number of fused-ring (bicyclic) bond motifs is 1. The average molecular weight is 526 g/mol. The van der Waals surface area contributed by atoms with Gasteiger partial charge in [-0.2, -0.15) is 0 Å². The molecule has 4 rings (SSSR count). The minimum Gasteiger partial charge on any atom is -0.321 e. The van der Waals surface area contributed by atoms with Crippen molar-refractivity contribution in [2.45, 2.75) is 6.92 Å². The molecule has 3 aromatic carbocycles. The predicted molar refractivity (Wildman–Crippen MR) is 133 cm³/mol. The first-order chi connectivity index (χ1) is 15.8. The molecule has 0 aliphatic heterocycles. The fourth-order valence-corrected chi connectivity index (χ4v) is 3.76. The van der Waals surface area contributed by atoms with Crippen LogP contribution in [-0.4, -0.2) is 22.4 Å². The standard InChI is InChI=1S/C24H18BrClN4O3/c1-14-7-9-18(13-19(14)26)28-22(31)21-12-15-11-16(25)8-10-20(15)30(21)29-24(33)23(32)27-17-5-3-2-4-6-17/h2-13H,1H3,(H,27,32)(H,28,31)(H,29,33). The molecular weight excluding hydrogens is 508 g/mol. The van der Waals surface area contributed by atoms with Crippen LogP contribution in [0, 0.1) is 6.92 Å². The highest BCUT2D eigenvalue weighted by molar-refractivity contribution is 9.10. The Morgan fingerprint density at radius 3 is 2.33 bits per heavy atom. The molecule has 0 unspecified atom stereocenters. The van der Waals surface area contributed by atoms with Gasteiger partial charge in [0, 0.05) is 26.3 Å². The second-order valence-corrected chi connectivity index (χ2v) is 8.57. The number of nitrogens with one attached hydrogen (secondary N) is 3. The van der Waals surface area contributed by atoms with Crippen LogP contribution < -0.4 is 16.1 Å². The summed E-state index contributed by atoms with van der Waals surface area (Å²) in [6, 6.07) is 20.7. The monoisotopic (exact) mass is 524 g/mol. The Balaban J connectivity index is 1.64. The van der Waals surface area contributed by atoms with Crippen LogP contribution in [0.25, 0.3) is 10.9 Å². The van der Waals surface area contributed by atoms with E-state index in [4.69, 9.17) is 11.6 Å². The van der Waals surface area contributed by atoms with E-state index in [9.17, 15) is 14.4 Å². The molecular formula is C24H18BrClN4O3. The Morgan fingerprint density at radius 2 is 1.61 bits per heavy atom. The highest BCUT2D eigenvalue weighted by atomic mass is 79.9. The first-order valence-electron chi connectivity index (χ1n) is 9.88. The van der Waals surface area contributed by atoms with Gasteiger partial charge in [-0.3, -0.25) is 19.8 Å². The SMILES string of the molecule is Cc1ccc(NC(=O)c2cc3cc(Br)ccc3n2NC(=O)C(=O)Nc2ccccc2)cc1Cl. The van der Waals surface area contributed by atoms with E-state index in [0.717, 1.165) is 10.0 Å². The molecule has 0 aliphatic carbocycles. The number of carbonyl (C=O) groups is 3. The fraction of sp³-hybridized carbons (Fsp3) is 0.0417. The van der Waals surface area contributed by atoms with Gasteiger partial charge in [0.15, 0.2) is 0 Å². The van der Waals surface area contributed by atoms with E-state index in [-0.39, 0.29) is 5.69 Å². The summed E-state index contributed by atoms with van der Waals surface area (Å²) in [6.45, 7) is 1.86. The number of rotatable bonds is 4. The van der Waals surface area contributed by atoms with Crippen LogP contribution in [0.3, 0.4) is 0 Å². The number of benzene rings is 3. The summed E-state index contributed by atoms with van der Waals surface area (Å²) in [5.74, 6) is -2.27. The van der Waals surface area contributed by atoms with E-state index in [2.05, 4.69) is 32.0 Å². The Kier molecular flexibility index (Phi) is 6.48. The minimum absolute atomic E-state index is 0.139. The molecule has 1 heterocycles. The third kappa shape index (κ3) is 5.08. The summed E-state index contributed by atoms with van der Waals surface area (Å²) in [4.78, 5) is 38.1. The Hall–Kier alpha value is -3.62. The lowest BCUT2D eigenvalue weighted by atomic mass is 10.2. The lowest BCUT2D eigenvalue weighted by Gasteiger charge is -2.13. The first kappa shape index (κ1) is 22.6. The third-order valence-corrected chi connectivity index (χ3v) is 5.78. The van der Waals surface area contributed by atoms with Gasteiger partial charge in [0.05, 0.1) is 5.52 Å². The largest absolute Gasteiger partial charge is 0.328 e. The third-order valence-electron chi connectivity index (χ3n) is 4.88. The van der Waals surface area contributed by atoms with Gasteiger partial charge in [-0.05, 0) is 61.0 Å². The van der Waals surface area contributed by atoms with Gasteiger partial charge in [-0.1, -0.05) is 51.8 Å². The summed E-state index contributed by atoms with van der Waals surface area (Å²) in [5.41, 5.74) is 5.07. The molecule has 3 N–H and O–H groups in total. The predicted octanol–water partition coefficient (Wildman–Crippen LogP) is 5.33. The molecule has 33 heavy (non-hydrogen) atoms. The number of para-hydroxylation sites is 1. The quantitative estimate of drug-likeness (QED) is 0.315. The summed E-state index contributed by atoms with van der Waals surface area (Å²) in [7, 11) is 0. The van der Waals surface area contributed by atoms with E-state index in [1.54, 1.807) is 66.7 Å². The topological polar surface area (TPSA) is 92.2 Å². The minimum atomic E-state index is -0.924. The number of anilines is 2. The molecule has 0 saturated carbocycles. The van der Waals surface area contributed by atoms with E-state index >= 15 is 0 Å². The van der Waals surface area contributed by atoms with Crippen molar-refractivity contribution in [3.05, 3.63) is 93.5 Å². The van der Waals surface area contributed by atoms with Crippen LogP contribution >= 0.6 is 27.5 Å². The lowest BCUT2D eigenvalue weighted by Crippen LogP contribution is -2.36. The summed E-state index contributed by atoms with van der Waals surface area (Å²) >= 11 is 9.57. The van der Waals surface area contributed by atoms with E-state index in [0.29, 0.717) is 27.3 Å². The van der Waals surface area contributed by atoms with Crippen LogP contribution in [0.15, 0.2) is 77.3 Å². The van der Waals surface area contributed by atoms with Gasteiger partial charge in [0.2, 0.25) is 0 Å². The molecule has 9 heteroatoms. The van der Waals surface area contributed by atoms with Crippen LogP contribution in [0.1, 0.15) is 16.1 Å². The number of amides is 3. The van der Waals surface area contributed by atoms with Crippen molar-refractivity contribution in [2.75, 3.05) is 16.1 Å². The van der Waals surface area contributed by atoms with Crippen LogP contribution in [0.2, 0.25) is 5.02 Å². The second-order valence-electron chi connectivity index (χ2n) is 7.25. The molecule has 166 valence electrons. The van der Waals surface area contributed by atoms with Crippen molar-refractivity contribution >= 4 is 67.5 Å². The van der Waals surface area contributed by atoms with Crippen LogP contribution in [-0.2, 0) is 9.59 Å². The van der Waals surface area contributed by atoms with Crippen molar-refractivity contribution in [2.24, 2.45) is 0 Å². The molecule has 3 amide bonds. The number of hydrogen-bond donors (Lipinski definition) is 3. The molecule has 7 nitrogen and oxygen atoms in total. The van der Waals surface area contributed by atoms with Gasteiger partial charge < -0.3 is 10.6 Å². The summed E-state index contributed by atoms with van der Waals surface area (Å²) in [5, 5.41) is 6.51. The molecule has 1 aromatic heterocycles. The number of halogens is 2. The molecule has 0 aliphatic rings. The van der Waals surface area contributed by atoms with Gasteiger partial charge in [0.1, 0.15) is 5.69 Å². The molecule has 0 fully saturated rings. The van der Waals surface area contributed by atoms with Crippen LogP contribution in [0.4, 0.5) is 11.4 Å². The Morgan fingerprint density at radius 1 is 0.848 bits per heavy atom. The van der Waals surface area contributed by atoms with Gasteiger partial charge in [-0.25, -0.2) is 4.68 Å². The van der Waals surface area contributed by atoms with E-state index in [1.807, 2.05) is 13.0 Å². The van der Waals surface area contributed by atoms with E-state index < -0.39 is 17.7 Å². The lowest BCUT2D eigenvalue weighted by molar-refractivity contribution is -0.133. The zero-order chi connectivity index (χ0) is 23.5. The van der Waals surface area contributed by atoms with Gasteiger partial charge in [-0.15, -0.1) is 0 Å². The maximum atomic E-state index is 13.1. The molecule has 0 radical (unpaired) electrons. The van der Waals surface area contributed by atoms with E-state index in [1.165, 1.54) is 4.68 Å². The van der Waals surface area contributed by atoms with Crippen molar-refractivity contribution in [1.82, 2.24) is 4.68 Å². The first-order valence-corrected chi connectivity index (χ1v) is 11.0. The number of aromatic nitrogens is 1.